The van der Waals surface area contributed by atoms with Gasteiger partial charge >= 0.3 is 0 Å². The van der Waals surface area contributed by atoms with Crippen molar-refractivity contribution in [3.63, 3.8) is 0 Å². The Morgan fingerprint density at radius 2 is 1.93 bits per heavy atom. The van der Waals surface area contributed by atoms with Gasteiger partial charge < -0.3 is 20.4 Å². The van der Waals surface area contributed by atoms with Gasteiger partial charge in [0.15, 0.2) is 5.96 Å². The lowest BCUT2D eigenvalue weighted by atomic mass is 9.93. The topological polar surface area (TPSA) is 60.0 Å². The van der Waals surface area contributed by atoms with E-state index in [0.29, 0.717) is 18.4 Å². The van der Waals surface area contributed by atoms with Crippen molar-refractivity contribution in [2.45, 2.75) is 38.6 Å². The number of benzene rings is 1. The van der Waals surface area contributed by atoms with Crippen LogP contribution in [-0.4, -0.2) is 75.0 Å². The van der Waals surface area contributed by atoms with Crippen LogP contribution in [0.15, 0.2) is 35.3 Å². The summed E-state index contributed by atoms with van der Waals surface area (Å²) in [6.45, 7) is 5.66. The molecule has 1 aromatic rings. The minimum Gasteiger partial charge on any atom is -0.359 e. The summed E-state index contributed by atoms with van der Waals surface area (Å²) in [4.78, 5) is 21.2. The quantitative estimate of drug-likeness (QED) is 0.529. The molecule has 2 N–H and O–H groups in total. The van der Waals surface area contributed by atoms with Crippen LogP contribution in [0.5, 0.6) is 0 Å². The van der Waals surface area contributed by atoms with E-state index in [4.69, 9.17) is 4.99 Å². The molecular weight excluding hydrogens is 350 g/mol. The van der Waals surface area contributed by atoms with E-state index >= 15 is 0 Å². The molecule has 1 aromatic carbocycles. The standard InChI is InChI=1S/C22H37N5O/c1-5-24-22(27-13-11-19(12-14-27)16-21(28)23-2)25-17-20(26(3)4)15-18-9-7-6-8-10-18/h6-10,19-20H,5,11-17H2,1-4H3,(H,23,28)(H,24,25). The smallest absolute Gasteiger partial charge is 0.220 e. The van der Waals surface area contributed by atoms with E-state index in [1.165, 1.54) is 5.56 Å². The zero-order chi connectivity index (χ0) is 20.4. The Morgan fingerprint density at radius 3 is 2.50 bits per heavy atom. The molecule has 0 saturated carbocycles. The van der Waals surface area contributed by atoms with E-state index in [1.807, 2.05) is 0 Å². The molecular formula is C22H37N5O. The van der Waals surface area contributed by atoms with Gasteiger partial charge in [-0.2, -0.15) is 0 Å². The summed E-state index contributed by atoms with van der Waals surface area (Å²) in [6.07, 6.45) is 3.71. The monoisotopic (exact) mass is 387 g/mol. The second-order valence-corrected chi connectivity index (χ2v) is 7.81. The molecule has 1 heterocycles. The van der Waals surface area contributed by atoms with Gasteiger partial charge in [0.05, 0.1) is 6.54 Å². The lowest BCUT2D eigenvalue weighted by molar-refractivity contribution is -0.121. The molecule has 2 rings (SSSR count). The van der Waals surface area contributed by atoms with Crippen molar-refractivity contribution in [3.8, 4) is 0 Å². The number of hydrogen-bond acceptors (Lipinski definition) is 3. The molecule has 1 fully saturated rings. The maximum Gasteiger partial charge on any atom is 0.220 e. The molecule has 0 aliphatic carbocycles. The molecule has 1 amide bonds. The van der Waals surface area contributed by atoms with Crippen LogP contribution in [0.2, 0.25) is 0 Å². The van der Waals surface area contributed by atoms with E-state index in [0.717, 1.165) is 51.4 Å². The first-order valence-corrected chi connectivity index (χ1v) is 10.5. The molecule has 6 heteroatoms. The van der Waals surface area contributed by atoms with Crippen molar-refractivity contribution in [2.24, 2.45) is 10.9 Å². The van der Waals surface area contributed by atoms with Gasteiger partial charge in [0, 0.05) is 39.1 Å². The number of guanidine groups is 1. The van der Waals surface area contributed by atoms with Crippen LogP contribution < -0.4 is 10.6 Å². The molecule has 0 radical (unpaired) electrons. The Bertz CT molecular complexity index is 609. The van der Waals surface area contributed by atoms with Crippen LogP contribution in [0.3, 0.4) is 0 Å². The summed E-state index contributed by atoms with van der Waals surface area (Å²) in [5.41, 5.74) is 1.34. The minimum absolute atomic E-state index is 0.147. The predicted molar refractivity (Wildman–Crippen MR) is 117 cm³/mol. The second-order valence-electron chi connectivity index (χ2n) is 7.81. The van der Waals surface area contributed by atoms with Gasteiger partial charge in [-0.25, -0.2) is 0 Å². The molecule has 1 atom stereocenters. The van der Waals surface area contributed by atoms with E-state index in [-0.39, 0.29) is 5.91 Å². The largest absolute Gasteiger partial charge is 0.359 e. The Balaban J connectivity index is 1.95. The van der Waals surface area contributed by atoms with Crippen molar-refractivity contribution in [1.82, 2.24) is 20.4 Å². The van der Waals surface area contributed by atoms with Gasteiger partial charge in [0.25, 0.3) is 0 Å². The highest BCUT2D eigenvalue weighted by Crippen LogP contribution is 2.20. The van der Waals surface area contributed by atoms with Crippen LogP contribution in [0.1, 0.15) is 31.7 Å². The Kier molecular flexibility index (Phi) is 9.28. The normalized spacial score (nSPS) is 16.9. The summed E-state index contributed by atoms with van der Waals surface area (Å²) < 4.78 is 0. The van der Waals surface area contributed by atoms with Crippen molar-refractivity contribution >= 4 is 11.9 Å². The Morgan fingerprint density at radius 1 is 1.25 bits per heavy atom. The average molecular weight is 388 g/mol. The van der Waals surface area contributed by atoms with Gasteiger partial charge in [-0.15, -0.1) is 0 Å². The van der Waals surface area contributed by atoms with E-state index < -0.39 is 0 Å². The van der Waals surface area contributed by atoms with Gasteiger partial charge in [0.2, 0.25) is 5.91 Å². The van der Waals surface area contributed by atoms with Crippen molar-refractivity contribution in [3.05, 3.63) is 35.9 Å². The highest BCUT2D eigenvalue weighted by Gasteiger charge is 2.23. The highest BCUT2D eigenvalue weighted by atomic mass is 16.1. The van der Waals surface area contributed by atoms with Crippen molar-refractivity contribution < 1.29 is 4.79 Å². The number of rotatable bonds is 8. The zero-order valence-electron chi connectivity index (χ0n) is 17.9. The molecule has 1 aliphatic heterocycles. The third kappa shape index (κ3) is 7.15. The number of aliphatic imine (C=N–C) groups is 1. The Labute approximate surface area is 170 Å². The first kappa shape index (κ1) is 22.2. The maximum absolute atomic E-state index is 11.6. The number of hydrogen-bond donors (Lipinski definition) is 2. The minimum atomic E-state index is 0.147. The highest BCUT2D eigenvalue weighted by molar-refractivity contribution is 5.80. The SMILES string of the molecule is CCNC(=NCC(Cc1ccccc1)N(C)C)N1CCC(CC(=O)NC)CC1. The van der Waals surface area contributed by atoms with Gasteiger partial charge in [-0.3, -0.25) is 9.79 Å². The van der Waals surface area contributed by atoms with E-state index in [2.05, 4.69) is 71.8 Å². The fourth-order valence-electron chi connectivity index (χ4n) is 3.63. The lowest BCUT2D eigenvalue weighted by Crippen LogP contribution is -2.46. The summed E-state index contributed by atoms with van der Waals surface area (Å²) >= 11 is 0. The molecule has 1 aliphatic rings. The zero-order valence-corrected chi connectivity index (χ0v) is 17.9. The molecule has 0 bridgehead atoms. The molecule has 28 heavy (non-hydrogen) atoms. The number of carbonyl (C=O) groups is 1. The summed E-state index contributed by atoms with van der Waals surface area (Å²) in [7, 11) is 5.96. The van der Waals surface area contributed by atoms with Crippen molar-refractivity contribution in [1.29, 1.82) is 0 Å². The first-order valence-electron chi connectivity index (χ1n) is 10.5. The van der Waals surface area contributed by atoms with E-state index in [1.54, 1.807) is 7.05 Å². The maximum atomic E-state index is 11.6. The summed E-state index contributed by atoms with van der Waals surface area (Å²) in [5, 5.41) is 6.19. The van der Waals surface area contributed by atoms with E-state index in [9.17, 15) is 4.79 Å². The molecule has 1 unspecified atom stereocenters. The molecule has 156 valence electrons. The first-order chi connectivity index (χ1) is 13.5. The molecule has 0 aromatic heterocycles. The summed E-state index contributed by atoms with van der Waals surface area (Å²) in [5.74, 6) is 1.63. The molecule has 1 saturated heterocycles. The predicted octanol–water partition coefficient (Wildman–Crippen LogP) is 1.97. The summed E-state index contributed by atoms with van der Waals surface area (Å²) in [6, 6.07) is 11.0. The third-order valence-corrected chi connectivity index (χ3v) is 5.50. The number of likely N-dealkylation sites (tertiary alicyclic amines) is 1. The second kappa shape index (κ2) is 11.7. The number of nitrogens with one attached hydrogen (secondary N) is 2. The fourth-order valence-corrected chi connectivity index (χ4v) is 3.63. The number of amides is 1. The van der Waals surface area contributed by atoms with Crippen LogP contribution in [0.25, 0.3) is 0 Å². The van der Waals surface area contributed by atoms with Crippen LogP contribution >= 0.6 is 0 Å². The number of piperidine rings is 1. The van der Waals surface area contributed by atoms with Crippen LogP contribution in [-0.2, 0) is 11.2 Å². The number of nitrogens with zero attached hydrogens (tertiary/aromatic N) is 3. The van der Waals surface area contributed by atoms with Crippen molar-refractivity contribution in [2.75, 3.05) is 47.3 Å². The molecule has 0 spiro atoms. The molecule has 6 nitrogen and oxygen atoms in total. The van der Waals surface area contributed by atoms with Gasteiger partial charge in [0.1, 0.15) is 0 Å². The average Bonchev–Trinajstić information content (AvgIpc) is 2.71. The van der Waals surface area contributed by atoms with Crippen LogP contribution in [0.4, 0.5) is 0 Å². The van der Waals surface area contributed by atoms with Gasteiger partial charge in [-0.1, -0.05) is 30.3 Å². The number of carbonyl (C=O) groups excluding carboxylic acids is 1. The van der Waals surface area contributed by atoms with Gasteiger partial charge in [-0.05, 0) is 51.8 Å². The number of likely N-dealkylation sites (N-methyl/N-ethyl adjacent to an activating group) is 1. The van der Waals surface area contributed by atoms with Crippen LogP contribution in [0, 0.1) is 5.92 Å². The third-order valence-electron chi connectivity index (χ3n) is 5.50. The fraction of sp³-hybridized carbons (Fsp3) is 0.636. The lowest BCUT2D eigenvalue weighted by Gasteiger charge is -2.34. The Hall–Kier alpha value is -2.08.